The second kappa shape index (κ2) is 8.22. The Labute approximate surface area is 205 Å². The summed E-state index contributed by atoms with van der Waals surface area (Å²) in [6, 6.07) is 5.10. The lowest BCUT2D eigenvalue weighted by Crippen LogP contribution is -2.61. The summed E-state index contributed by atoms with van der Waals surface area (Å²) in [6.07, 6.45) is 6.26. The monoisotopic (exact) mass is 533 g/mol. The van der Waals surface area contributed by atoms with Crippen molar-refractivity contribution in [2.24, 2.45) is 5.41 Å². The number of fused-ring (bicyclic) bond motifs is 2. The number of aryl methyl sites for hydroxylation is 1. The largest absolute Gasteiger partial charge is 0.598 e. The van der Waals surface area contributed by atoms with Gasteiger partial charge >= 0.3 is 0 Å². The molecule has 1 aromatic carbocycles. The fourth-order valence-corrected chi connectivity index (χ4v) is 6.45. The van der Waals surface area contributed by atoms with Crippen molar-refractivity contribution in [3.63, 3.8) is 0 Å². The zero-order valence-electron chi connectivity index (χ0n) is 19.4. The average Bonchev–Trinajstić information content (AvgIpc) is 3.37. The summed E-state index contributed by atoms with van der Waals surface area (Å²) in [5.41, 5.74) is 3.89. The lowest BCUT2D eigenvalue weighted by Gasteiger charge is -2.46. The normalized spacial score (nSPS) is 24.0. The maximum Gasteiger partial charge on any atom is 0.211 e. The van der Waals surface area contributed by atoms with Crippen molar-refractivity contribution in [3.8, 4) is 0 Å². The van der Waals surface area contributed by atoms with Gasteiger partial charge in [-0.25, -0.2) is 14.4 Å². The van der Waals surface area contributed by atoms with Crippen molar-refractivity contribution < 1.29 is 8.94 Å². The minimum atomic E-state index is -1.22. The second-order valence-corrected chi connectivity index (χ2v) is 13.1. The molecule has 3 unspecified atom stereocenters. The van der Waals surface area contributed by atoms with E-state index in [1.54, 1.807) is 18.3 Å². The van der Waals surface area contributed by atoms with E-state index in [9.17, 15) is 8.94 Å². The highest BCUT2D eigenvalue weighted by Gasteiger charge is 2.50. The number of nitrogens with one attached hydrogen (secondary N) is 1. The third-order valence-electron chi connectivity index (χ3n) is 7.00. The van der Waals surface area contributed by atoms with Crippen LogP contribution >= 0.6 is 15.9 Å². The molecule has 2 aliphatic rings. The van der Waals surface area contributed by atoms with Gasteiger partial charge < -0.3 is 9.45 Å². The van der Waals surface area contributed by atoms with Gasteiger partial charge in [0.25, 0.3) is 0 Å². The van der Waals surface area contributed by atoms with Gasteiger partial charge in [-0.3, -0.25) is 4.40 Å². The van der Waals surface area contributed by atoms with E-state index in [-0.39, 0.29) is 22.0 Å². The Morgan fingerprint density at radius 1 is 1.27 bits per heavy atom. The molecule has 0 radical (unpaired) electrons. The molecule has 9 heteroatoms. The van der Waals surface area contributed by atoms with Gasteiger partial charge in [-0.05, 0) is 86.1 Å². The third-order valence-corrected chi connectivity index (χ3v) is 9.54. The van der Waals surface area contributed by atoms with Crippen molar-refractivity contribution in [2.75, 3.05) is 18.0 Å². The third kappa shape index (κ3) is 4.07. The molecule has 176 valence electrons. The van der Waals surface area contributed by atoms with Crippen LogP contribution in [0.2, 0.25) is 0 Å². The summed E-state index contributed by atoms with van der Waals surface area (Å²) in [5, 5.41) is 0. The van der Waals surface area contributed by atoms with Gasteiger partial charge in [-0.1, -0.05) is 6.07 Å². The van der Waals surface area contributed by atoms with E-state index < -0.39 is 11.4 Å². The lowest BCUT2D eigenvalue weighted by atomic mass is 9.72. The smallest absolute Gasteiger partial charge is 0.211 e. The fraction of sp³-hybridized carbons (Fsp3) is 0.500. The molecular weight excluding hydrogens is 505 g/mol. The van der Waals surface area contributed by atoms with Crippen molar-refractivity contribution in [1.82, 2.24) is 19.1 Å². The van der Waals surface area contributed by atoms with Crippen molar-refractivity contribution in [1.29, 1.82) is 0 Å². The Morgan fingerprint density at radius 3 is 2.79 bits per heavy atom. The van der Waals surface area contributed by atoms with E-state index in [1.807, 2.05) is 44.4 Å². The molecule has 1 spiro atoms. The summed E-state index contributed by atoms with van der Waals surface area (Å²) in [6.45, 7) is 9.41. The van der Waals surface area contributed by atoms with Gasteiger partial charge in [0.15, 0.2) is 5.65 Å². The number of benzene rings is 1. The minimum absolute atomic E-state index is 0.0360. The summed E-state index contributed by atoms with van der Waals surface area (Å²) in [7, 11) is 0. The van der Waals surface area contributed by atoms with Crippen LogP contribution in [0.15, 0.2) is 35.1 Å². The summed E-state index contributed by atoms with van der Waals surface area (Å²) < 4.78 is 33.2. The maximum atomic E-state index is 14.0. The van der Waals surface area contributed by atoms with Gasteiger partial charge in [0.2, 0.25) is 5.95 Å². The van der Waals surface area contributed by atoms with Crippen molar-refractivity contribution >= 4 is 38.9 Å². The number of halogens is 2. The van der Waals surface area contributed by atoms with Gasteiger partial charge in [-0.2, -0.15) is 0 Å². The zero-order chi connectivity index (χ0) is 23.5. The highest BCUT2D eigenvalue weighted by molar-refractivity contribution is 9.10. The Kier molecular flexibility index (Phi) is 5.75. The van der Waals surface area contributed by atoms with Crippen LogP contribution in [-0.4, -0.2) is 42.8 Å². The van der Waals surface area contributed by atoms with Crippen molar-refractivity contribution in [2.45, 2.75) is 57.7 Å². The number of hydrogen-bond acceptors (Lipinski definition) is 5. The molecule has 0 bridgehead atoms. The SMILES string of the molecule is Cc1nc(N2CCC3(Cc4ccc(F)cc4C3)C(N[S+]([O-])C(C)(C)C)C2)n2ccnc2c1Br. The summed E-state index contributed by atoms with van der Waals surface area (Å²) in [4.78, 5) is 11.6. The quantitative estimate of drug-likeness (QED) is 0.506. The highest BCUT2D eigenvalue weighted by Crippen LogP contribution is 2.46. The Morgan fingerprint density at radius 2 is 2.03 bits per heavy atom. The predicted molar refractivity (Wildman–Crippen MR) is 133 cm³/mol. The first-order chi connectivity index (χ1) is 15.6. The van der Waals surface area contributed by atoms with E-state index in [1.165, 1.54) is 5.56 Å². The topological polar surface area (TPSA) is 68.5 Å². The van der Waals surface area contributed by atoms with Gasteiger partial charge in [-0.15, -0.1) is 4.72 Å². The van der Waals surface area contributed by atoms with Crippen LogP contribution in [0.25, 0.3) is 5.65 Å². The first-order valence-corrected chi connectivity index (χ1v) is 13.2. The van der Waals surface area contributed by atoms with Crippen LogP contribution in [0.4, 0.5) is 10.3 Å². The molecule has 33 heavy (non-hydrogen) atoms. The molecule has 0 amide bonds. The molecule has 3 heterocycles. The Bertz CT molecular complexity index is 1210. The summed E-state index contributed by atoms with van der Waals surface area (Å²) >= 11 is 2.38. The molecule has 0 saturated carbocycles. The molecular formula is C24H29BrFN5OS. The first kappa shape index (κ1) is 23.1. The molecule has 3 aromatic rings. The maximum absolute atomic E-state index is 14.0. The first-order valence-electron chi connectivity index (χ1n) is 11.3. The minimum Gasteiger partial charge on any atom is -0.598 e. The number of piperidine rings is 1. The van der Waals surface area contributed by atoms with E-state index in [4.69, 9.17) is 4.98 Å². The Balaban J connectivity index is 1.51. The lowest BCUT2D eigenvalue weighted by molar-refractivity contribution is 0.179. The Hall–Kier alpha value is -1.68. The van der Waals surface area contributed by atoms with Crippen LogP contribution < -0.4 is 9.62 Å². The zero-order valence-corrected chi connectivity index (χ0v) is 21.8. The molecule has 5 rings (SSSR count). The molecule has 3 atom stereocenters. The standard InChI is InChI=1S/C24H29BrFN5OS/c1-15-20(25)21-27-8-10-31(21)22(28-15)30-9-7-24(19(14-30)29-33(32)23(2,3)4)12-16-5-6-18(26)11-17(16)13-24/h5-6,8,10-11,19,29H,7,9,12-14H2,1-4H3. The number of rotatable bonds is 3. The van der Waals surface area contributed by atoms with Crippen LogP contribution in [-0.2, 0) is 24.2 Å². The highest BCUT2D eigenvalue weighted by atomic mass is 79.9. The van der Waals surface area contributed by atoms with Crippen LogP contribution in [0.3, 0.4) is 0 Å². The van der Waals surface area contributed by atoms with Gasteiger partial charge in [0, 0.05) is 42.3 Å². The fourth-order valence-electron chi connectivity index (χ4n) is 5.13. The van der Waals surface area contributed by atoms with Crippen LogP contribution in [0, 0.1) is 18.2 Å². The molecule has 1 aliphatic carbocycles. The molecule has 1 saturated heterocycles. The predicted octanol–water partition coefficient (Wildman–Crippen LogP) is 4.36. The van der Waals surface area contributed by atoms with Crippen LogP contribution in [0.1, 0.15) is 44.0 Å². The molecule has 6 nitrogen and oxygen atoms in total. The second-order valence-electron chi connectivity index (χ2n) is 10.3. The number of aromatic nitrogens is 3. The summed E-state index contributed by atoms with van der Waals surface area (Å²) in [5.74, 6) is 0.649. The number of hydrogen-bond donors (Lipinski definition) is 1. The molecule has 2 aromatic heterocycles. The van der Waals surface area contributed by atoms with Crippen LogP contribution in [0.5, 0.6) is 0 Å². The molecule has 1 fully saturated rings. The number of anilines is 1. The van der Waals surface area contributed by atoms with E-state index >= 15 is 0 Å². The number of imidazole rings is 1. The van der Waals surface area contributed by atoms with E-state index in [2.05, 4.69) is 30.5 Å². The van der Waals surface area contributed by atoms with Gasteiger partial charge in [0.05, 0.1) is 16.2 Å². The van der Waals surface area contributed by atoms with E-state index in [0.717, 1.165) is 53.1 Å². The van der Waals surface area contributed by atoms with E-state index in [0.29, 0.717) is 6.54 Å². The average molecular weight is 534 g/mol. The number of nitrogens with zero attached hydrogens (tertiary/aromatic N) is 4. The van der Waals surface area contributed by atoms with Crippen molar-refractivity contribution in [3.05, 3.63) is 57.7 Å². The van der Waals surface area contributed by atoms with Gasteiger partial charge in [0.1, 0.15) is 10.6 Å². The molecule has 1 N–H and O–H groups in total. The molecule has 1 aliphatic heterocycles.